The van der Waals surface area contributed by atoms with Crippen LogP contribution in [0.25, 0.3) is 0 Å². The highest BCUT2D eigenvalue weighted by Crippen LogP contribution is 2.49. The Morgan fingerprint density at radius 3 is 2.32 bits per heavy atom. The normalized spacial score (nSPS) is 16.9. The van der Waals surface area contributed by atoms with E-state index in [1.165, 1.54) is 18.2 Å². The van der Waals surface area contributed by atoms with Gasteiger partial charge in [0.1, 0.15) is 17.4 Å². The van der Waals surface area contributed by atoms with Crippen LogP contribution in [-0.2, 0) is 0 Å². The first-order valence-corrected chi connectivity index (χ1v) is 6.38. The molecule has 7 nitrogen and oxygen atoms in total. The number of Topliss-reactive ketones (excluding diaryl/α,β-unsaturated/α-hetero) is 1. The van der Waals surface area contributed by atoms with E-state index in [0.717, 1.165) is 6.07 Å². The highest BCUT2D eigenvalue weighted by molar-refractivity contribution is 6.03. The van der Waals surface area contributed by atoms with Crippen molar-refractivity contribution < 1.29 is 35.1 Å². The number of aromatic hydroxyl groups is 5. The molecule has 2 aromatic carbocycles. The zero-order valence-electron chi connectivity index (χ0n) is 11.1. The number of hydrogen-bond donors (Lipinski definition) is 5. The standard InChI is InChI=1S/C15H12O7/c16-7-2-1-6(3-8(7)17)12-5-10(19)13-9(18)4-11(20)14(21)15(13)22-12/h1-4,12,16-18,20-21H,5H2/t12-/m1/s1. The van der Waals surface area contributed by atoms with Gasteiger partial charge in [0.2, 0.25) is 5.75 Å². The number of fused-ring (bicyclic) bond motifs is 1. The lowest BCUT2D eigenvalue weighted by Crippen LogP contribution is -2.20. The molecular weight excluding hydrogens is 292 g/mol. The summed E-state index contributed by atoms with van der Waals surface area (Å²) in [6.45, 7) is 0. The number of benzene rings is 2. The van der Waals surface area contributed by atoms with E-state index in [-0.39, 0.29) is 29.2 Å². The van der Waals surface area contributed by atoms with E-state index in [2.05, 4.69) is 0 Å². The molecular formula is C15H12O7. The van der Waals surface area contributed by atoms with Gasteiger partial charge in [-0.05, 0) is 17.7 Å². The molecule has 0 spiro atoms. The summed E-state index contributed by atoms with van der Waals surface area (Å²) < 4.78 is 5.49. The third-order valence-electron chi connectivity index (χ3n) is 3.50. The molecule has 1 aliphatic heterocycles. The maximum atomic E-state index is 12.2. The highest BCUT2D eigenvalue weighted by Gasteiger charge is 2.34. The molecule has 0 fully saturated rings. The minimum atomic E-state index is -0.835. The second-order valence-electron chi connectivity index (χ2n) is 4.95. The summed E-state index contributed by atoms with van der Waals surface area (Å²) in [5.74, 6) is -3.22. The fourth-order valence-electron chi connectivity index (χ4n) is 2.39. The molecule has 0 unspecified atom stereocenters. The molecule has 5 N–H and O–H groups in total. The second kappa shape index (κ2) is 4.73. The monoisotopic (exact) mass is 304 g/mol. The first-order chi connectivity index (χ1) is 10.4. The van der Waals surface area contributed by atoms with Crippen LogP contribution in [-0.4, -0.2) is 31.3 Å². The smallest absolute Gasteiger partial charge is 0.201 e. The Bertz CT molecular complexity index is 782. The van der Waals surface area contributed by atoms with E-state index in [4.69, 9.17) is 4.74 Å². The molecule has 0 aromatic heterocycles. The second-order valence-corrected chi connectivity index (χ2v) is 4.95. The third kappa shape index (κ3) is 2.03. The first kappa shape index (κ1) is 13.9. The van der Waals surface area contributed by atoms with E-state index in [0.29, 0.717) is 5.56 Å². The first-order valence-electron chi connectivity index (χ1n) is 6.38. The lowest BCUT2D eigenvalue weighted by Gasteiger charge is -2.26. The van der Waals surface area contributed by atoms with Crippen LogP contribution in [0.3, 0.4) is 0 Å². The number of carbonyl (C=O) groups excluding carboxylic acids is 1. The quantitative estimate of drug-likeness (QED) is 0.402. The third-order valence-corrected chi connectivity index (χ3v) is 3.50. The van der Waals surface area contributed by atoms with Crippen LogP contribution in [0.15, 0.2) is 24.3 Å². The zero-order chi connectivity index (χ0) is 16.0. The lowest BCUT2D eigenvalue weighted by atomic mass is 9.95. The summed E-state index contributed by atoms with van der Waals surface area (Å²) in [4.78, 5) is 12.2. The summed E-state index contributed by atoms with van der Waals surface area (Å²) in [5.41, 5.74) is 0.200. The van der Waals surface area contributed by atoms with Gasteiger partial charge in [-0.3, -0.25) is 4.79 Å². The van der Waals surface area contributed by atoms with Gasteiger partial charge in [0.05, 0.1) is 6.42 Å². The van der Waals surface area contributed by atoms with Crippen molar-refractivity contribution in [2.45, 2.75) is 12.5 Å². The SMILES string of the molecule is O=C1C[C@H](c2ccc(O)c(O)c2)Oc2c(O)c(O)cc(O)c21. The Hall–Kier alpha value is -3.09. The van der Waals surface area contributed by atoms with Crippen molar-refractivity contribution in [3.63, 3.8) is 0 Å². The van der Waals surface area contributed by atoms with Crippen LogP contribution < -0.4 is 4.74 Å². The number of carbonyl (C=O) groups is 1. The molecule has 0 aliphatic carbocycles. The Labute approximate surface area is 124 Å². The van der Waals surface area contributed by atoms with Crippen molar-refractivity contribution in [1.82, 2.24) is 0 Å². The van der Waals surface area contributed by atoms with Crippen molar-refractivity contribution in [1.29, 1.82) is 0 Å². The van der Waals surface area contributed by atoms with Crippen LogP contribution in [0.4, 0.5) is 0 Å². The van der Waals surface area contributed by atoms with Crippen molar-refractivity contribution in [3.8, 4) is 34.5 Å². The van der Waals surface area contributed by atoms with E-state index in [1.54, 1.807) is 0 Å². The minimum Gasteiger partial charge on any atom is -0.507 e. The molecule has 0 saturated carbocycles. The fourth-order valence-corrected chi connectivity index (χ4v) is 2.39. The van der Waals surface area contributed by atoms with Gasteiger partial charge in [-0.25, -0.2) is 0 Å². The number of phenolic OH excluding ortho intramolecular Hbond substituents is 5. The molecule has 0 bridgehead atoms. The Morgan fingerprint density at radius 1 is 0.909 bits per heavy atom. The predicted octanol–water partition coefficient (Wildman–Crippen LogP) is 1.92. The van der Waals surface area contributed by atoms with Gasteiger partial charge in [0, 0.05) is 6.07 Å². The molecule has 1 atom stereocenters. The Morgan fingerprint density at radius 2 is 1.64 bits per heavy atom. The molecule has 0 saturated heterocycles. The van der Waals surface area contributed by atoms with Gasteiger partial charge in [-0.1, -0.05) is 6.07 Å². The van der Waals surface area contributed by atoms with Crippen LogP contribution in [0.1, 0.15) is 28.4 Å². The van der Waals surface area contributed by atoms with Gasteiger partial charge >= 0.3 is 0 Å². The molecule has 1 heterocycles. The molecule has 0 amide bonds. The predicted molar refractivity (Wildman–Crippen MR) is 73.5 cm³/mol. The van der Waals surface area contributed by atoms with Crippen molar-refractivity contribution in [2.24, 2.45) is 0 Å². The van der Waals surface area contributed by atoms with E-state index >= 15 is 0 Å². The van der Waals surface area contributed by atoms with Crippen LogP contribution in [0.5, 0.6) is 34.5 Å². The van der Waals surface area contributed by atoms with Crippen molar-refractivity contribution >= 4 is 5.78 Å². The molecule has 22 heavy (non-hydrogen) atoms. The van der Waals surface area contributed by atoms with E-state index in [1.807, 2.05) is 0 Å². The Kier molecular flexibility index (Phi) is 2.98. The van der Waals surface area contributed by atoms with Gasteiger partial charge in [0.25, 0.3) is 0 Å². The minimum absolute atomic E-state index is 0.130. The van der Waals surface area contributed by atoms with Gasteiger partial charge in [0.15, 0.2) is 28.8 Å². The number of ketones is 1. The van der Waals surface area contributed by atoms with Crippen LogP contribution in [0, 0.1) is 0 Å². The summed E-state index contributed by atoms with van der Waals surface area (Å²) in [7, 11) is 0. The number of phenols is 5. The lowest BCUT2D eigenvalue weighted by molar-refractivity contribution is 0.0836. The summed E-state index contributed by atoms with van der Waals surface area (Å²) in [5, 5.41) is 47.9. The summed E-state index contributed by atoms with van der Waals surface area (Å²) in [6, 6.07) is 4.80. The van der Waals surface area contributed by atoms with E-state index < -0.39 is 29.1 Å². The topological polar surface area (TPSA) is 127 Å². The highest BCUT2D eigenvalue weighted by atomic mass is 16.5. The molecule has 0 radical (unpaired) electrons. The number of hydrogen-bond acceptors (Lipinski definition) is 7. The molecule has 7 heteroatoms. The van der Waals surface area contributed by atoms with Crippen molar-refractivity contribution in [2.75, 3.05) is 0 Å². The largest absolute Gasteiger partial charge is 0.507 e. The van der Waals surface area contributed by atoms with Gasteiger partial charge in [-0.2, -0.15) is 0 Å². The van der Waals surface area contributed by atoms with Gasteiger partial charge < -0.3 is 30.3 Å². The fraction of sp³-hybridized carbons (Fsp3) is 0.133. The van der Waals surface area contributed by atoms with Crippen molar-refractivity contribution in [3.05, 3.63) is 35.4 Å². The molecule has 2 aromatic rings. The Balaban J connectivity index is 2.07. The molecule has 114 valence electrons. The average molecular weight is 304 g/mol. The summed E-state index contributed by atoms with van der Waals surface area (Å²) >= 11 is 0. The molecule has 3 rings (SSSR count). The van der Waals surface area contributed by atoms with Gasteiger partial charge in [-0.15, -0.1) is 0 Å². The maximum Gasteiger partial charge on any atom is 0.201 e. The van der Waals surface area contributed by atoms with E-state index in [9.17, 15) is 30.3 Å². The maximum absolute atomic E-state index is 12.2. The number of rotatable bonds is 1. The summed E-state index contributed by atoms with van der Waals surface area (Å²) in [6.07, 6.45) is -0.965. The van der Waals surface area contributed by atoms with Crippen LogP contribution in [0.2, 0.25) is 0 Å². The molecule has 1 aliphatic rings. The average Bonchev–Trinajstić information content (AvgIpc) is 2.47. The number of ether oxygens (including phenoxy) is 1. The van der Waals surface area contributed by atoms with Crippen LogP contribution >= 0.6 is 0 Å². The zero-order valence-corrected chi connectivity index (χ0v) is 11.1.